The van der Waals surface area contributed by atoms with Gasteiger partial charge in [-0.25, -0.2) is 4.39 Å². The smallest absolute Gasteiger partial charge is 0.245 e. The summed E-state index contributed by atoms with van der Waals surface area (Å²) in [7, 11) is 0. The molecule has 2 rings (SSSR count). The molecule has 1 aromatic carbocycles. The molecular formula is C17H23FN2O2. The lowest BCUT2D eigenvalue weighted by molar-refractivity contribution is -0.157. The average Bonchev–Trinajstić information content (AvgIpc) is 2.47. The molecule has 1 saturated heterocycles. The van der Waals surface area contributed by atoms with Crippen LogP contribution in [0.3, 0.4) is 0 Å². The molecule has 0 unspecified atom stereocenters. The lowest BCUT2D eigenvalue weighted by Crippen LogP contribution is -2.59. The highest BCUT2D eigenvalue weighted by molar-refractivity contribution is 5.94. The second-order valence-corrected chi connectivity index (χ2v) is 6.11. The van der Waals surface area contributed by atoms with Crippen LogP contribution in [0.25, 0.3) is 0 Å². The van der Waals surface area contributed by atoms with Crippen molar-refractivity contribution in [1.29, 1.82) is 0 Å². The summed E-state index contributed by atoms with van der Waals surface area (Å²) in [6, 6.07) is 5.89. The van der Waals surface area contributed by atoms with Crippen molar-refractivity contribution in [2.24, 2.45) is 5.92 Å². The predicted molar refractivity (Wildman–Crippen MR) is 82.4 cm³/mol. The van der Waals surface area contributed by atoms with Gasteiger partial charge in [-0.3, -0.25) is 9.59 Å². The van der Waals surface area contributed by atoms with Crippen molar-refractivity contribution < 1.29 is 14.0 Å². The molecule has 2 amide bonds. The number of halogens is 1. The van der Waals surface area contributed by atoms with Gasteiger partial charge in [0.05, 0.1) is 6.54 Å². The molecule has 0 spiro atoms. The van der Waals surface area contributed by atoms with E-state index in [0.29, 0.717) is 18.5 Å². The highest BCUT2D eigenvalue weighted by atomic mass is 19.1. The summed E-state index contributed by atoms with van der Waals surface area (Å²) in [5.74, 6) is -0.215. The minimum absolute atomic E-state index is 0.0351. The van der Waals surface area contributed by atoms with E-state index in [1.54, 1.807) is 23.1 Å². The van der Waals surface area contributed by atoms with Crippen LogP contribution in [-0.2, 0) is 16.1 Å². The highest BCUT2D eigenvalue weighted by Crippen LogP contribution is 2.22. The Morgan fingerprint density at radius 2 is 1.95 bits per heavy atom. The van der Waals surface area contributed by atoms with Crippen molar-refractivity contribution in [1.82, 2.24) is 9.80 Å². The zero-order valence-corrected chi connectivity index (χ0v) is 13.4. The number of carbonyl (C=O) groups excluding carboxylic acids is 2. The molecule has 1 heterocycles. The first-order valence-electron chi connectivity index (χ1n) is 7.75. The van der Waals surface area contributed by atoms with Crippen molar-refractivity contribution >= 4 is 11.8 Å². The van der Waals surface area contributed by atoms with Gasteiger partial charge in [-0.05, 0) is 25.3 Å². The van der Waals surface area contributed by atoms with Crippen LogP contribution in [0, 0.1) is 11.7 Å². The van der Waals surface area contributed by atoms with Crippen LogP contribution >= 0.6 is 0 Å². The third kappa shape index (κ3) is 3.46. The van der Waals surface area contributed by atoms with E-state index in [0.717, 1.165) is 0 Å². The Balaban J connectivity index is 2.27. The topological polar surface area (TPSA) is 40.6 Å². The number of carbonyl (C=O) groups is 2. The quantitative estimate of drug-likeness (QED) is 0.838. The van der Waals surface area contributed by atoms with Gasteiger partial charge < -0.3 is 9.80 Å². The van der Waals surface area contributed by atoms with Gasteiger partial charge >= 0.3 is 0 Å². The Labute approximate surface area is 130 Å². The van der Waals surface area contributed by atoms with Gasteiger partial charge in [0.15, 0.2) is 0 Å². The molecule has 120 valence electrons. The molecule has 22 heavy (non-hydrogen) atoms. The number of likely N-dealkylation sites (N-methyl/N-ethyl adjacent to an activating group) is 1. The van der Waals surface area contributed by atoms with E-state index >= 15 is 0 Å². The van der Waals surface area contributed by atoms with Crippen LogP contribution < -0.4 is 0 Å². The van der Waals surface area contributed by atoms with E-state index in [2.05, 4.69) is 0 Å². The van der Waals surface area contributed by atoms with Crippen LogP contribution in [-0.4, -0.2) is 40.7 Å². The molecule has 5 heteroatoms. The lowest BCUT2D eigenvalue weighted by Gasteiger charge is -2.40. The minimum atomic E-state index is -0.499. The van der Waals surface area contributed by atoms with Gasteiger partial charge in [0.1, 0.15) is 11.9 Å². The molecule has 1 atom stereocenters. The monoisotopic (exact) mass is 306 g/mol. The van der Waals surface area contributed by atoms with Gasteiger partial charge in [0, 0.05) is 18.7 Å². The predicted octanol–water partition coefficient (Wildman–Crippen LogP) is 2.43. The molecule has 1 aromatic rings. The number of hydrogen-bond donors (Lipinski definition) is 0. The van der Waals surface area contributed by atoms with Crippen molar-refractivity contribution in [2.75, 3.05) is 13.1 Å². The Morgan fingerprint density at radius 3 is 2.55 bits per heavy atom. The molecule has 0 radical (unpaired) electrons. The molecular weight excluding hydrogens is 283 g/mol. The molecule has 0 N–H and O–H groups in total. The van der Waals surface area contributed by atoms with Gasteiger partial charge in [-0.1, -0.05) is 32.0 Å². The summed E-state index contributed by atoms with van der Waals surface area (Å²) in [4.78, 5) is 28.1. The zero-order chi connectivity index (χ0) is 16.3. The fraction of sp³-hybridized carbons (Fsp3) is 0.529. The van der Waals surface area contributed by atoms with Crippen molar-refractivity contribution in [3.8, 4) is 0 Å². The van der Waals surface area contributed by atoms with Gasteiger partial charge in [0.2, 0.25) is 11.8 Å². The highest BCUT2D eigenvalue weighted by Gasteiger charge is 2.38. The maximum absolute atomic E-state index is 13.9. The van der Waals surface area contributed by atoms with Crippen molar-refractivity contribution in [2.45, 2.75) is 39.8 Å². The fourth-order valence-electron chi connectivity index (χ4n) is 2.80. The van der Waals surface area contributed by atoms with E-state index in [4.69, 9.17) is 0 Å². The fourth-order valence-corrected chi connectivity index (χ4v) is 2.80. The summed E-state index contributed by atoms with van der Waals surface area (Å²) < 4.78 is 13.9. The van der Waals surface area contributed by atoms with E-state index in [-0.39, 0.29) is 36.6 Å². The zero-order valence-electron chi connectivity index (χ0n) is 13.4. The summed E-state index contributed by atoms with van der Waals surface area (Å²) in [6.07, 6.45) is 0.593. The summed E-state index contributed by atoms with van der Waals surface area (Å²) >= 11 is 0. The van der Waals surface area contributed by atoms with Gasteiger partial charge in [-0.15, -0.1) is 0 Å². The maximum atomic E-state index is 13.9. The van der Waals surface area contributed by atoms with Crippen LogP contribution in [0.5, 0.6) is 0 Å². The van der Waals surface area contributed by atoms with E-state index in [1.807, 2.05) is 20.8 Å². The SMILES string of the molecule is CCN1CC(=O)N(Cc2ccccc2F)[C@@H](CC(C)C)C1=O. The van der Waals surface area contributed by atoms with Crippen molar-refractivity contribution in [3.63, 3.8) is 0 Å². The van der Waals surface area contributed by atoms with Crippen LogP contribution in [0.1, 0.15) is 32.8 Å². The van der Waals surface area contributed by atoms with Crippen molar-refractivity contribution in [3.05, 3.63) is 35.6 Å². The molecule has 0 saturated carbocycles. The van der Waals surface area contributed by atoms with E-state index in [1.165, 1.54) is 11.0 Å². The number of amides is 2. The first kappa shape index (κ1) is 16.5. The van der Waals surface area contributed by atoms with E-state index in [9.17, 15) is 14.0 Å². The number of hydrogen-bond acceptors (Lipinski definition) is 2. The Kier molecular flexibility index (Phi) is 5.16. The summed E-state index contributed by atoms with van der Waals surface area (Å²) in [6.45, 7) is 6.65. The third-order valence-electron chi connectivity index (χ3n) is 3.99. The molecule has 0 aromatic heterocycles. The second kappa shape index (κ2) is 6.90. The van der Waals surface area contributed by atoms with Crippen LogP contribution in [0.15, 0.2) is 24.3 Å². The average molecular weight is 306 g/mol. The maximum Gasteiger partial charge on any atom is 0.245 e. The number of nitrogens with zero attached hydrogens (tertiary/aromatic N) is 2. The Bertz CT molecular complexity index is 559. The normalized spacial score (nSPS) is 19.2. The summed E-state index contributed by atoms with van der Waals surface area (Å²) in [5.41, 5.74) is 0.447. The molecule has 1 aliphatic heterocycles. The minimum Gasteiger partial charge on any atom is -0.332 e. The molecule has 0 aliphatic carbocycles. The van der Waals surface area contributed by atoms with Crippen LogP contribution in [0.4, 0.5) is 4.39 Å². The first-order chi connectivity index (χ1) is 10.4. The standard InChI is InChI=1S/C17H23FN2O2/c1-4-19-11-16(21)20(15(17(19)22)9-12(2)3)10-13-7-5-6-8-14(13)18/h5-8,12,15H,4,9-11H2,1-3H3/t15-/m0/s1. The lowest BCUT2D eigenvalue weighted by atomic mass is 9.98. The Hall–Kier alpha value is -1.91. The van der Waals surface area contributed by atoms with E-state index < -0.39 is 6.04 Å². The molecule has 1 fully saturated rings. The first-order valence-corrected chi connectivity index (χ1v) is 7.75. The van der Waals surface area contributed by atoms with Gasteiger partial charge in [0.25, 0.3) is 0 Å². The largest absolute Gasteiger partial charge is 0.332 e. The second-order valence-electron chi connectivity index (χ2n) is 6.11. The Morgan fingerprint density at radius 1 is 1.27 bits per heavy atom. The molecule has 1 aliphatic rings. The third-order valence-corrected chi connectivity index (χ3v) is 3.99. The number of benzene rings is 1. The number of piperazine rings is 1. The number of rotatable bonds is 5. The van der Waals surface area contributed by atoms with Crippen LogP contribution in [0.2, 0.25) is 0 Å². The van der Waals surface area contributed by atoms with Gasteiger partial charge in [-0.2, -0.15) is 0 Å². The summed E-state index contributed by atoms with van der Waals surface area (Å²) in [5, 5.41) is 0. The molecule has 4 nitrogen and oxygen atoms in total. The molecule has 0 bridgehead atoms.